The molecule has 0 aliphatic heterocycles. The largest absolute Gasteiger partial charge is 0.313 e. The molecule has 0 fully saturated rings. The predicted octanol–water partition coefficient (Wildman–Crippen LogP) is 2.80. The van der Waals surface area contributed by atoms with Gasteiger partial charge in [0, 0.05) is 17.1 Å². The summed E-state index contributed by atoms with van der Waals surface area (Å²) in [7, 11) is -3.49. The van der Waals surface area contributed by atoms with E-state index >= 15 is 0 Å². The van der Waals surface area contributed by atoms with Crippen molar-refractivity contribution in [3.63, 3.8) is 0 Å². The first-order chi connectivity index (χ1) is 8.36. The van der Waals surface area contributed by atoms with Gasteiger partial charge in [-0.05, 0) is 47.6 Å². The average Bonchev–Trinajstić information content (AvgIpc) is 2.30. The predicted molar refractivity (Wildman–Crippen MR) is 84.7 cm³/mol. The van der Waals surface area contributed by atoms with E-state index < -0.39 is 10.0 Å². The second-order valence-corrected chi connectivity index (χ2v) is 6.92. The first kappa shape index (κ1) is 19.1. The molecule has 0 unspecified atom stereocenters. The maximum absolute atomic E-state index is 12.0. The number of halogens is 3. The highest BCUT2D eigenvalue weighted by atomic mass is 79.9. The van der Waals surface area contributed by atoms with Gasteiger partial charge in [0.05, 0.1) is 9.92 Å². The molecular formula is C11H17BrCl2N2O2S. The molecule has 0 saturated heterocycles. The van der Waals surface area contributed by atoms with Crippen molar-refractivity contribution in [2.75, 3.05) is 13.1 Å². The maximum atomic E-state index is 12.0. The molecule has 0 aliphatic carbocycles. The molecule has 0 bridgehead atoms. The molecule has 110 valence electrons. The van der Waals surface area contributed by atoms with E-state index in [1.807, 2.05) is 13.8 Å². The first-order valence-electron chi connectivity index (χ1n) is 5.55. The highest BCUT2D eigenvalue weighted by Gasteiger charge is 2.15. The van der Waals surface area contributed by atoms with Gasteiger partial charge in [0.1, 0.15) is 0 Å². The zero-order chi connectivity index (χ0) is 13.8. The van der Waals surface area contributed by atoms with Crippen LogP contribution in [0, 0.1) is 0 Å². The Balaban J connectivity index is 0.00000324. The average molecular weight is 392 g/mol. The van der Waals surface area contributed by atoms with Crippen LogP contribution in [0.3, 0.4) is 0 Å². The summed E-state index contributed by atoms with van der Waals surface area (Å²) in [5.74, 6) is 0. The molecule has 19 heavy (non-hydrogen) atoms. The molecule has 1 atom stereocenters. The van der Waals surface area contributed by atoms with Gasteiger partial charge in [-0.1, -0.05) is 18.5 Å². The second-order valence-electron chi connectivity index (χ2n) is 3.89. The number of likely N-dealkylation sites (N-methyl/N-ethyl adjacent to an activating group) is 1. The van der Waals surface area contributed by atoms with Crippen LogP contribution in [0.25, 0.3) is 0 Å². The van der Waals surface area contributed by atoms with Crippen LogP contribution in [0.5, 0.6) is 0 Å². The zero-order valence-electron chi connectivity index (χ0n) is 10.6. The lowest BCUT2D eigenvalue weighted by Crippen LogP contribution is -2.38. The molecular weight excluding hydrogens is 375 g/mol. The van der Waals surface area contributed by atoms with Crippen molar-refractivity contribution in [1.82, 2.24) is 10.0 Å². The van der Waals surface area contributed by atoms with Crippen LogP contribution < -0.4 is 10.0 Å². The van der Waals surface area contributed by atoms with Gasteiger partial charge in [-0.2, -0.15) is 0 Å². The number of hydrogen-bond acceptors (Lipinski definition) is 3. The molecule has 8 heteroatoms. The summed E-state index contributed by atoms with van der Waals surface area (Å²) < 4.78 is 27.1. The fourth-order valence-electron chi connectivity index (χ4n) is 1.38. The Labute approximate surface area is 133 Å². The third-order valence-electron chi connectivity index (χ3n) is 2.33. The number of rotatable bonds is 6. The van der Waals surface area contributed by atoms with E-state index in [4.69, 9.17) is 11.6 Å². The van der Waals surface area contributed by atoms with E-state index in [9.17, 15) is 8.42 Å². The molecule has 2 N–H and O–H groups in total. The quantitative estimate of drug-likeness (QED) is 0.783. The van der Waals surface area contributed by atoms with Gasteiger partial charge in [0.2, 0.25) is 10.0 Å². The Kier molecular flexibility index (Phi) is 8.51. The fraction of sp³-hybridized carbons (Fsp3) is 0.455. The van der Waals surface area contributed by atoms with Crippen LogP contribution in [0.15, 0.2) is 27.6 Å². The van der Waals surface area contributed by atoms with Crippen LogP contribution in [-0.4, -0.2) is 27.5 Å². The Bertz CT molecular complexity index is 511. The summed E-state index contributed by atoms with van der Waals surface area (Å²) >= 11 is 9.03. The van der Waals surface area contributed by atoms with E-state index in [2.05, 4.69) is 26.0 Å². The maximum Gasteiger partial charge on any atom is 0.240 e. The Morgan fingerprint density at radius 1 is 1.42 bits per heavy atom. The summed E-state index contributed by atoms with van der Waals surface area (Å²) in [6.45, 7) is 5.04. The normalized spacial score (nSPS) is 12.8. The topological polar surface area (TPSA) is 58.2 Å². The monoisotopic (exact) mass is 390 g/mol. The molecule has 0 radical (unpaired) electrons. The lowest BCUT2D eigenvalue weighted by Gasteiger charge is -2.13. The molecule has 1 aromatic carbocycles. The second kappa shape index (κ2) is 8.44. The van der Waals surface area contributed by atoms with E-state index in [0.717, 1.165) is 6.54 Å². The lowest BCUT2D eigenvalue weighted by molar-refractivity contribution is 0.536. The van der Waals surface area contributed by atoms with Crippen molar-refractivity contribution in [2.45, 2.75) is 24.8 Å². The zero-order valence-corrected chi connectivity index (χ0v) is 14.6. The van der Waals surface area contributed by atoms with Gasteiger partial charge in [0.15, 0.2) is 0 Å². The molecule has 0 saturated carbocycles. The molecule has 4 nitrogen and oxygen atoms in total. The Morgan fingerprint density at radius 3 is 2.58 bits per heavy atom. The molecule has 0 aromatic heterocycles. The molecule has 0 spiro atoms. The summed E-state index contributed by atoms with van der Waals surface area (Å²) in [5.41, 5.74) is 0. The third-order valence-corrected chi connectivity index (χ3v) is 4.97. The highest BCUT2D eigenvalue weighted by Crippen LogP contribution is 2.25. The number of benzene rings is 1. The van der Waals surface area contributed by atoms with E-state index in [1.165, 1.54) is 12.1 Å². The van der Waals surface area contributed by atoms with Gasteiger partial charge >= 0.3 is 0 Å². The van der Waals surface area contributed by atoms with Crippen LogP contribution in [0.2, 0.25) is 5.02 Å². The van der Waals surface area contributed by atoms with Crippen molar-refractivity contribution < 1.29 is 8.42 Å². The summed E-state index contributed by atoms with van der Waals surface area (Å²) in [5, 5.41) is 3.61. The van der Waals surface area contributed by atoms with Gasteiger partial charge < -0.3 is 5.32 Å². The van der Waals surface area contributed by atoms with Crippen molar-refractivity contribution >= 4 is 50.0 Å². The third kappa shape index (κ3) is 5.97. The van der Waals surface area contributed by atoms with E-state index in [1.54, 1.807) is 6.07 Å². The van der Waals surface area contributed by atoms with E-state index in [0.29, 0.717) is 16.0 Å². The standard InChI is InChI=1S/C11H16BrClN2O2S.ClH/c1-3-14-8(2)7-15-18(16,17)9-4-5-11(13)10(12)6-9;/h4-6,8,14-15H,3,7H2,1-2H3;1H/t8-;/m1./s1. The summed E-state index contributed by atoms with van der Waals surface area (Å²) in [4.78, 5) is 0.197. The minimum Gasteiger partial charge on any atom is -0.313 e. The smallest absolute Gasteiger partial charge is 0.240 e. The number of sulfonamides is 1. The van der Waals surface area contributed by atoms with Crippen LogP contribution in [-0.2, 0) is 10.0 Å². The van der Waals surface area contributed by atoms with E-state index in [-0.39, 0.29) is 23.3 Å². The van der Waals surface area contributed by atoms with Gasteiger partial charge in [-0.3, -0.25) is 0 Å². The van der Waals surface area contributed by atoms with Crippen molar-refractivity contribution in [2.24, 2.45) is 0 Å². The Hall–Kier alpha value is 0.150. The molecule has 0 aliphatic rings. The minimum atomic E-state index is -3.49. The van der Waals surface area contributed by atoms with Crippen molar-refractivity contribution in [1.29, 1.82) is 0 Å². The molecule has 1 rings (SSSR count). The fourth-order valence-corrected chi connectivity index (χ4v) is 3.19. The van der Waals surface area contributed by atoms with Gasteiger partial charge in [-0.15, -0.1) is 12.4 Å². The van der Waals surface area contributed by atoms with Crippen molar-refractivity contribution in [3.05, 3.63) is 27.7 Å². The van der Waals surface area contributed by atoms with Gasteiger partial charge in [0.25, 0.3) is 0 Å². The van der Waals surface area contributed by atoms with Crippen LogP contribution in [0.4, 0.5) is 0 Å². The van der Waals surface area contributed by atoms with Crippen molar-refractivity contribution in [3.8, 4) is 0 Å². The molecule has 0 heterocycles. The van der Waals surface area contributed by atoms with Crippen LogP contribution in [0.1, 0.15) is 13.8 Å². The highest BCUT2D eigenvalue weighted by molar-refractivity contribution is 9.10. The van der Waals surface area contributed by atoms with Crippen LogP contribution >= 0.6 is 39.9 Å². The summed E-state index contributed by atoms with van der Waals surface area (Å²) in [6.07, 6.45) is 0. The first-order valence-corrected chi connectivity index (χ1v) is 8.20. The molecule has 0 amide bonds. The Morgan fingerprint density at radius 2 is 2.05 bits per heavy atom. The number of nitrogens with one attached hydrogen (secondary N) is 2. The minimum absolute atomic E-state index is 0. The molecule has 1 aromatic rings. The SMILES string of the molecule is CCN[C@H](C)CNS(=O)(=O)c1ccc(Cl)c(Br)c1.Cl. The number of hydrogen-bond donors (Lipinski definition) is 2. The van der Waals surface area contributed by atoms with Gasteiger partial charge in [-0.25, -0.2) is 13.1 Å². The summed E-state index contributed by atoms with van der Waals surface area (Å²) in [6, 6.07) is 4.60. The lowest BCUT2D eigenvalue weighted by atomic mass is 10.3.